The highest BCUT2D eigenvalue weighted by atomic mass is 35.5. The van der Waals surface area contributed by atoms with Crippen molar-refractivity contribution in [2.45, 2.75) is 33.1 Å². The largest absolute Gasteiger partial charge is 0.383 e. The third-order valence-electron chi connectivity index (χ3n) is 2.88. The number of carbonyl (C=O) groups is 1. The number of aromatic nitrogens is 2. The molecule has 0 unspecified atom stereocenters. The van der Waals surface area contributed by atoms with E-state index >= 15 is 0 Å². The zero-order valence-corrected chi connectivity index (χ0v) is 13.6. The second kappa shape index (κ2) is 9.52. The number of anilines is 1. The summed E-state index contributed by atoms with van der Waals surface area (Å²) in [4.78, 5) is 20.2. The van der Waals surface area contributed by atoms with Crippen LogP contribution in [0.3, 0.4) is 0 Å². The van der Waals surface area contributed by atoms with Crippen molar-refractivity contribution in [3.8, 4) is 0 Å². The molecule has 0 radical (unpaired) electrons. The molecular weight excluding hydrogens is 292 g/mol. The van der Waals surface area contributed by atoms with E-state index in [1.807, 2.05) is 6.92 Å². The molecule has 0 aliphatic carbocycles. The maximum atomic E-state index is 11.6. The van der Waals surface area contributed by atoms with Gasteiger partial charge in [-0.1, -0.05) is 18.5 Å². The lowest BCUT2D eigenvalue weighted by atomic mass is 10.3. The summed E-state index contributed by atoms with van der Waals surface area (Å²) < 4.78 is 4.87. The van der Waals surface area contributed by atoms with Crippen molar-refractivity contribution in [1.29, 1.82) is 0 Å². The van der Waals surface area contributed by atoms with Crippen molar-refractivity contribution in [3.05, 3.63) is 16.5 Å². The van der Waals surface area contributed by atoms with Crippen LogP contribution in [-0.4, -0.2) is 42.7 Å². The highest BCUT2D eigenvalue weighted by Crippen LogP contribution is 2.20. The molecule has 1 aromatic rings. The normalized spacial score (nSPS) is 10.5. The van der Waals surface area contributed by atoms with Crippen LogP contribution < -0.4 is 10.6 Å². The monoisotopic (exact) mass is 314 g/mol. The van der Waals surface area contributed by atoms with Crippen LogP contribution in [0.1, 0.15) is 31.2 Å². The van der Waals surface area contributed by atoms with E-state index in [4.69, 9.17) is 16.3 Å². The van der Waals surface area contributed by atoms with Gasteiger partial charge >= 0.3 is 0 Å². The minimum atomic E-state index is -0.0221. The zero-order valence-electron chi connectivity index (χ0n) is 12.8. The molecule has 0 saturated heterocycles. The summed E-state index contributed by atoms with van der Waals surface area (Å²) in [5, 5.41) is 6.37. The Labute approximate surface area is 130 Å². The number of aryl methyl sites for hydroxylation is 1. The van der Waals surface area contributed by atoms with E-state index < -0.39 is 0 Å². The van der Waals surface area contributed by atoms with Gasteiger partial charge in [-0.2, -0.15) is 0 Å². The Morgan fingerprint density at radius 2 is 2.10 bits per heavy atom. The summed E-state index contributed by atoms with van der Waals surface area (Å²) in [6.45, 7) is 5.46. The van der Waals surface area contributed by atoms with Crippen molar-refractivity contribution < 1.29 is 9.53 Å². The first kappa shape index (κ1) is 17.7. The Balaban J connectivity index is 2.49. The molecule has 0 saturated carbocycles. The Kier molecular flexibility index (Phi) is 8.00. The van der Waals surface area contributed by atoms with Gasteiger partial charge in [-0.05, 0) is 13.3 Å². The zero-order chi connectivity index (χ0) is 15.7. The van der Waals surface area contributed by atoms with E-state index in [2.05, 4.69) is 27.5 Å². The first-order valence-corrected chi connectivity index (χ1v) is 7.48. The maximum Gasteiger partial charge on any atom is 0.221 e. The Hall–Kier alpha value is -1.40. The third-order valence-corrected chi connectivity index (χ3v) is 3.25. The minimum Gasteiger partial charge on any atom is -0.383 e. The number of hydrogen-bond acceptors (Lipinski definition) is 5. The van der Waals surface area contributed by atoms with Crippen molar-refractivity contribution in [2.75, 3.05) is 32.1 Å². The van der Waals surface area contributed by atoms with E-state index in [1.54, 1.807) is 7.11 Å². The second-order valence-electron chi connectivity index (χ2n) is 4.67. The number of rotatable bonds is 9. The summed E-state index contributed by atoms with van der Waals surface area (Å²) in [5.74, 6) is 1.40. The van der Waals surface area contributed by atoms with Crippen LogP contribution in [0.2, 0.25) is 5.15 Å². The predicted octanol–water partition coefficient (Wildman–Crippen LogP) is 1.96. The van der Waals surface area contributed by atoms with E-state index in [1.165, 1.54) is 0 Å². The second-order valence-corrected chi connectivity index (χ2v) is 5.03. The molecule has 0 spiro atoms. The Bertz CT molecular complexity index is 469. The number of halogens is 1. The predicted molar refractivity (Wildman–Crippen MR) is 83.8 cm³/mol. The lowest BCUT2D eigenvalue weighted by Gasteiger charge is -2.11. The van der Waals surface area contributed by atoms with Crippen molar-refractivity contribution in [2.24, 2.45) is 0 Å². The minimum absolute atomic E-state index is 0.0221. The number of nitrogens with zero attached hydrogens (tertiary/aromatic N) is 2. The fourth-order valence-corrected chi connectivity index (χ4v) is 1.90. The summed E-state index contributed by atoms with van der Waals surface area (Å²) in [6, 6.07) is 0. The molecule has 0 aliphatic rings. The number of nitrogens with one attached hydrogen (secondary N) is 2. The SMILES string of the molecule is CCCc1nc(Cl)c(C)c(NCCC(=O)NCCOC)n1. The summed E-state index contributed by atoms with van der Waals surface area (Å²) in [5.41, 5.74) is 0.802. The molecule has 1 heterocycles. The van der Waals surface area contributed by atoms with Gasteiger partial charge in [-0.25, -0.2) is 9.97 Å². The third kappa shape index (κ3) is 6.27. The number of carbonyl (C=O) groups excluding carboxylic acids is 1. The molecule has 0 bridgehead atoms. The van der Waals surface area contributed by atoms with Gasteiger partial charge in [0, 0.05) is 38.6 Å². The van der Waals surface area contributed by atoms with Crippen molar-refractivity contribution in [1.82, 2.24) is 15.3 Å². The number of hydrogen-bond donors (Lipinski definition) is 2. The molecule has 6 nitrogen and oxygen atoms in total. The molecule has 2 N–H and O–H groups in total. The Morgan fingerprint density at radius 1 is 1.33 bits per heavy atom. The van der Waals surface area contributed by atoms with Crippen molar-refractivity contribution in [3.63, 3.8) is 0 Å². The number of methoxy groups -OCH3 is 1. The van der Waals surface area contributed by atoms with Crippen molar-refractivity contribution >= 4 is 23.3 Å². The smallest absolute Gasteiger partial charge is 0.221 e. The topological polar surface area (TPSA) is 76.1 Å². The van der Waals surface area contributed by atoms with E-state index in [9.17, 15) is 4.79 Å². The highest BCUT2D eigenvalue weighted by molar-refractivity contribution is 6.30. The van der Waals surface area contributed by atoms with Crippen LogP contribution in [0.4, 0.5) is 5.82 Å². The summed E-state index contributed by atoms with van der Waals surface area (Å²) >= 11 is 6.10. The van der Waals surface area contributed by atoms with Crippen LogP contribution in [0.25, 0.3) is 0 Å². The number of amides is 1. The average Bonchev–Trinajstić information content (AvgIpc) is 2.44. The lowest BCUT2D eigenvalue weighted by Crippen LogP contribution is -2.28. The van der Waals surface area contributed by atoms with E-state index in [0.29, 0.717) is 37.1 Å². The van der Waals surface area contributed by atoms with Gasteiger partial charge in [0.05, 0.1) is 6.61 Å². The summed E-state index contributed by atoms with van der Waals surface area (Å²) in [6.07, 6.45) is 2.11. The first-order chi connectivity index (χ1) is 10.1. The summed E-state index contributed by atoms with van der Waals surface area (Å²) in [7, 11) is 1.60. The molecule has 0 aromatic carbocycles. The molecule has 118 valence electrons. The van der Waals surface area contributed by atoms with Gasteiger partial charge < -0.3 is 15.4 Å². The van der Waals surface area contributed by atoms with Gasteiger partial charge in [0.2, 0.25) is 5.91 Å². The lowest BCUT2D eigenvalue weighted by molar-refractivity contribution is -0.121. The average molecular weight is 315 g/mol. The van der Waals surface area contributed by atoms with Crippen LogP contribution in [0.15, 0.2) is 0 Å². The molecule has 0 aliphatic heterocycles. The van der Waals surface area contributed by atoms with E-state index in [0.717, 1.165) is 24.2 Å². The fraction of sp³-hybridized carbons (Fsp3) is 0.643. The molecule has 1 rings (SSSR count). The van der Waals surface area contributed by atoms with Gasteiger partial charge in [0.25, 0.3) is 0 Å². The van der Waals surface area contributed by atoms with Gasteiger partial charge in [-0.15, -0.1) is 0 Å². The Morgan fingerprint density at radius 3 is 2.76 bits per heavy atom. The first-order valence-electron chi connectivity index (χ1n) is 7.11. The molecule has 1 amide bonds. The van der Waals surface area contributed by atoms with Crippen LogP contribution in [0, 0.1) is 6.92 Å². The molecular formula is C14H23ClN4O2. The molecule has 1 aromatic heterocycles. The number of ether oxygens (including phenoxy) is 1. The molecule has 0 fully saturated rings. The molecule has 0 atom stereocenters. The van der Waals surface area contributed by atoms with Gasteiger partial charge in [0.15, 0.2) is 0 Å². The van der Waals surface area contributed by atoms with Crippen LogP contribution in [-0.2, 0) is 16.0 Å². The van der Waals surface area contributed by atoms with Gasteiger partial charge in [0.1, 0.15) is 16.8 Å². The standard InChI is InChI=1S/C14H23ClN4O2/c1-4-5-11-18-13(15)10(2)14(19-11)17-7-6-12(20)16-8-9-21-3/h4-9H2,1-3H3,(H,16,20)(H,17,18,19). The highest BCUT2D eigenvalue weighted by Gasteiger charge is 2.09. The molecule has 7 heteroatoms. The van der Waals surface area contributed by atoms with Crippen LogP contribution in [0.5, 0.6) is 0 Å². The quantitative estimate of drug-likeness (QED) is 0.538. The van der Waals surface area contributed by atoms with E-state index in [-0.39, 0.29) is 5.91 Å². The van der Waals surface area contributed by atoms with Gasteiger partial charge in [-0.3, -0.25) is 4.79 Å². The van der Waals surface area contributed by atoms with Crippen LogP contribution >= 0.6 is 11.6 Å². The molecule has 21 heavy (non-hydrogen) atoms. The maximum absolute atomic E-state index is 11.6. The fourth-order valence-electron chi connectivity index (χ4n) is 1.72.